The number of para-hydroxylation sites is 1. The summed E-state index contributed by atoms with van der Waals surface area (Å²) in [5.41, 5.74) is 0.500. The van der Waals surface area contributed by atoms with Crippen LogP contribution in [0.25, 0.3) is 0 Å². The van der Waals surface area contributed by atoms with Crippen molar-refractivity contribution in [2.75, 3.05) is 25.1 Å². The Morgan fingerprint density at radius 3 is 2.76 bits per heavy atom. The second kappa shape index (κ2) is 7.67. The van der Waals surface area contributed by atoms with Crippen molar-refractivity contribution in [2.24, 2.45) is 5.92 Å². The molecule has 0 bridgehead atoms. The van der Waals surface area contributed by atoms with Gasteiger partial charge in [-0.25, -0.2) is 4.39 Å². The normalized spacial score (nSPS) is 10.9. The number of nitrogens with one attached hydrogen (secondary N) is 1. The minimum Gasteiger partial charge on any atom is -0.380 e. The molecule has 0 aliphatic carbocycles. The van der Waals surface area contributed by atoms with Crippen molar-refractivity contribution in [3.63, 3.8) is 0 Å². The predicted molar refractivity (Wildman–Crippen MR) is 72.9 cm³/mol. The van der Waals surface area contributed by atoms with Gasteiger partial charge in [0.05, 0.1) is 12.3 Å². The van der Waals surface area contributed by atoms with Crippen LogP contribution in [0, 0.1) is 11.7 Å². The van der Waals surface area contributed by atoms with E-state index in [0.717, 1.165) is 17.5 Å². The Bertz CT molecular complexity index is 324. The molecule has 0 aliphatic heterocycles. The molecule has 17 heavy (non-hydrogen) atoms. The van der Waals surface area contributed by atoms with Crippen LogP contribution in [0.3, 0.4) is 0 Å². The van der Waals surface area contributed by atoms with E-state index >= 15 is 0 Å². The van der Waals surface area contributed by atoms with Crippen LogP contribution in [-0.4, -0.2) is 19.8 Å². The number of ether oxygens (including phenoxy) is 1. The van der Waals surface area contributed by atoms with Crippen LogP contribution in [0.4, 0.5) is 10.1 Å². The SMILES string of the molecule is CC(C)CCOCCNc1c(F)cccc1Br. The molecule has 0 heterocycles. The Morgan fingerprint density at radius 2 is 2.12 bits per heavy atom. The second-order valence-electron chi connectivity index (χ2n) is 4.32. The van der Waals surface area contributed by atoms with Crippen molar-refractivity contribution >= 4 is 21.6 Å². The first-order chi connectivity index (χ1) is 8.11. The summed E-state index contributed by atoms with van der Waals surface area (Å²) >= 11 is 3.31. The van der Waals surface area contributed by atoms with Crippen LogP contribution in [-0.2, 0) is 4.74 Å². The van der Waals surface area contributed by atoms with Gasteiger partial charge in [-0.15, -0.1) is 0 Å². The number of benzene rings is 1. The number of hydrogen-bond acceptors (Lipinski definition) is 2. The molecular formula is C13H19BrFNO. The molecule has 96 valence electrons. The Labute approximate surface area is 111 Å². The maximum atomic E-state index is 13.4. The van der Waals surface area contributed by atoms with E-state index < -0.39 is 0 Å². The average Bonchev–Trinajstić information content (AvgIpc) is 2.26. The maximum Gasteiger partial charge on any atom is 0.147 e. The number of hydrogen-bond donors (Lipinski definition) is 1. The summed E-state index contributed by atoms with van der Waals surface area (Å²) in [6.07, 6.45) is 1.06. The van der Waals surface area contributed by atoms with E-state index in [2.05, 4.69) is 35.1 Å². The van der Waals surface area contributed by atoms with Crippen LogP contribution in [0.15, 0.2) is 22.7 Å². The zero-order valence-corrected chi connectivity index (χ0v) is 11.9. The molecule has 1 aromatic rings. The van der Waals surface area contributed by atoms with Gasteiger partial charge in [-0.05, 0) is 40.4 Å². The summed E-state index contributed by atoms with van der Waals surface area (Å²) in [6, 6.07) is 4.92. The number of anilines is 1. The molecule has 0 radical (unpaired) electrons. The van der Waals surface area contributed by atoms with E-state index in [-0.39, 0.29) is 5.82 Å². The monoisotopic (exact) mass is 303 g/mol. The van der Waals surface area contributed by atoms with Gasteiger partial charge >= 0.3 is 0 Å². The minimum absolute atomic E-state index is 0.249. The summed E-state index contributed by atoms with van der Waals surface area (Å²) in [7, 11) is 0. The van der Waals surface area contributed by atoms with Crippen molar-refractivity contribution in [1.82, 2.24) is 0 Å². The van der Waals surface area contributed by atoms with Crippen molar-refractivity contribution in [2.45, 2.75) is 20.3 Å². The molecule has 0 spiro atoms. The second-order valence-corrected chi connectivity index (χ2v) is 5.17. The van der Waals surface area contributed by atoms with E-state index in [1.165, 1.54) is 6.07 Å². The third kappa shape index (κ3) is 5.50. The zero-order valence-electron chi connectivity index (χ0n) is 10.3. The quantitative estimate of drug-likeness (QED) is 0.767. The lowest BCUT2D eigenvalue weighted by Gasteiger charge is -2.10. The summed E-state index contributed by atoms with van der Waals surface area (Å²) in [6.45, 7) is 6.29. The summed E-state index contributed by atoms with van der Waals surface area (Å²) < 4.78 is 19.6. The van der Waals surface area contributed by atoms with E-state index in [0.29, 0.717) is 24.8 Å². The molecule has 0 fully saturated rings. The van der Waals surface area contributed by atoms with Gasteiger partial charge in [-0.1, -0.05) is 19.9 Å². The smallest absolute Gasteiger partial charge is 0.147 e. The van der Waals surface area contributed by atoms with Gasteiger partial charge in [0.2, 0.25) is 0 Å². The molecule has 0 aromatic heterocycles. The van der Waals surface area contributed by atoms with Gasteiger partial charge in [-0.3, -0.25) is 0 Å². The largest absolute Gasteiger partial charge is 0.380 e. The highest BCUT2D eigenvalue weighted by Gasteiger charge is 2.04. The Hall–Kier alpha value is -0.610. The molecule has 0 saturated carbocycles. The van der Waals surface area contributed by atoms with Crippen molar-refractivity contribution < 1.29 is 9.13 Å². The summed E-state index contributed by atoms with van der Waals surface area (Å²) in [4.78, 5) is 0. The molecule has 1 rings (SSSR count). The van der Waals surface area contributed by atoms with Crippen LogP contribution >= 0.6 is 15.9 Å². The van der Waals surface area contributed by atoms with Gasteiger partial charge in [0.1, 0.15) is 5.82 Å². The first kappa shape index (κ1) is 14.5. The third-order valence-corrected chi connectivity index (χ3v) is 3.01. The molecular weight excluding hydrogens is 285 g/mol. The standard InChI is InChI=1S/C13H19BrFNO/c1-10(2)6-8-17-9-7-16-13-11(14)4-3-5-12(13)15/h3-5,10,16H,6-9H2,1-2H3. The molecule has 1 aromatic carbocycles. The molecule has 0 saturated heterocycles. The van der Waals surface area contributed by atoms with Gasteiger partial charge < -0.3 is 10.1 Å². The van der Waals surface area contributed by atoms with Crippen LogP contribution in [0.5, 0.6) is 0 Å². The molecule has 0 aliphatic rings. The molecule has 0 amide bonds. The first-order valence-electron chi connectivity index (χ1n) is 5.87. The fourth-order valence-corrected chi connectivity index (χ4v) is 1.82. The summed E-state index contributed by atoms with van der Waals surface area (Å²) in [5.74, 6) is 0.408. The Balaban J connectivity index is 2.22. The molecule has 0 unspecified atom stereocenters. The average molecular weight is 304 g/mol. The van der Waals surface area contributed by atoms with Gasteiger partial charge in [-0.2, -0.15) is 0 Å². The third-order valence-electron chi connectivity index (χ3n) is 2.35. The van der Waals surface area contributed by atoms with Gasteiger partial charge in [0.15, 0.2) is 0 Å². The fourth-order valence-electron chi connectivity index (χ4n) is 1.34. The number of halogens is 2. The lowest BCUT2D eigenvalue weighted by Crippen LogP contribution is -2.12. The van der Waals surface area contributed by atoms with Crippen LogP contribution in [0.1, 0.15) is 20.3 Å². The lowest BCUT2D eigenvalue weighted by atomic mass is 10.1. The molecule has 1 N–H and O–H groups in total. The molecule has 2 nitrogen and oxygen atoms in total. The predicted octanol–water partition coefficient (Wildman–Crippen LogP) is 4.06. The maximum absolute atomic E-state index is 13.4. The van der Waals surface area contributed by atoms with Crippen LogP contribution < -0.4 is 5.32 Å². The number of rotatable bonds is 7. The Morgan fingerprint density at radius 1 is 1.35 bits per heavy atom. The zero-order chi connectivity index (χ0) is 12.7. The first-order valence-corrected chi connectivity index (χ1v) is 6.66. The molecule has 4 heteroatoms. The van der Waals surface area contributed by atoms with Crippen molar-refractivity contribution in [3.05, 3.63) is 28.5 Å². The topological polar surface area (TPSA) is 21.3 Å². The highest BCUT2D eigenvalue weighted by Crippen LogP contribution is 2.24. The highest BCUT2D eigenvalue weighted by molar-refractivity contribution is 9.10. The van der Waals surface area contributed by atoms with Gasteiger partial charge in [0, 0.05) is 17.6 Å². The minimum atomic E-state index is -0.249. The molecule has 0 atom stereocenters. The highest BCUT2D eigenvalue weighted by atomic mass is 79.9. The Kier molecular flexibility index (Phi) is 6.52. The van der Waals surface area contributed by atoms with Crippen molar-refractivity contribution in [3.8, 4) is 0 Å². The van der Waals surface area contributed by atoms with Crippen LogP contribution in [0.2, 0.25) is 0 Å². The van der Waals surface area contributed by atoms with E-state index in [4.69, 9.17) is 4.74 Å². The van der Waals surface area contributed by atoms with E-state index in [1.807, 2.05) is 6.07 Å². The summed E-state index contributed by atoms with van der Waals surface area (Å²) in [5, 5.41) is 3.02. The lowest BCUT2D eigenvalue weighted by molar-refractivity contribution is 0.132. The van der Waals surface area contributed by atoms with Gasteiger partial charge in [0.25, 0.3) is 0 Å². The van der Waals surface area contributed by atoms with E-state index in [1.54, 1.807) is 6.07 Å². The fraction of sp³-hybridized carbons (Fsp3) is 0.538. The van der Waals surface area contributed by atoms with Crippen molar-refractivity contribution in [1.29, 1.82) is 0 Å². The van der Waals surface area contributed by atoms with E-state index in [9.17, 15) is 4.39 Å².